The Morgan fingerprint density at radius 2 is 1.58 bits per heavy atom. The van der Waals surface area contributed by atoms with Crippen molar-refractivity contribution in [1.29, 1.82) is 0 Å². The Morgan fingerprint density at radius 1 is 0.846 bits per heavy atom. The van der Waals surface area contributed by atoms with Gasteiger partial charge in [-0.1, -0.05) is 18.2 Å². The molecule has 0 aliphatic heterocycles. The van der Waals surface area contributed by atoms with Crippen LogP contribution < -0.4 is 16.0 Å². The standard InChI is InChI=1S/C20H23N3O3/c1-13-7-8-17(9-14(13)2)20(26)23-12-18(24)22-11-15-5-4-6-16(10-15)19(25)21-3/h4-10H,11-12H2,1-3H3,(H,21,25)(H,22,24)(H,23,26). The normalized spacial score (nSPS) is 10.1. The maximum Gasteiger partial charge on any atom is 0.251 e. The van der Waals surface area contributed by atoms with Crippen LogP contribution in [-0.4, -0.2) is 31.3 Å². The van der Waals surface area contributed by atoms with Crippen LogP contribution in [-0.2, 0) is 11.3 Å². The second-order valence-electron chi connectivity index (χ2n) is 6.04. The zero-order chi connectivity index (χ0) is 19.1. The number of nitrogens with one attached hydrogen (secondary N) is 3. The molecule has 6 heteroatoms. The minimum Gasteiger partial charge on any atom is -0.355 e. The van der Waals surface area contributed by atoms with E-state index in [1.54, 1.807) is 37.4 Å². The van der Waals surface area contributed by atoms with Crippen LogP contribution in [0, 0.1) is 13.8 Å². The van der Waals surface area contributed by atoms with Gasteiger partial charge in [0.1, 0.15) is 0 Å². The zero-order valence-corrected chi connectivity index (χ0v) is 15.2. The Labute approximate surface area is 153 Å². The first-order valence-corrected chi connectivity index (χ1v) is 8.34. The van der Waals surface area contributed by atoms with Gasteiger partial charge in [-0.25, -0.2) is 0 Å². The van der Waals surface area contributed by atoms with Gasteiger partial charge in [-0.3, -0.25) is 14.4 Å². The molecule has 0 radical (unpaired) electrons. The topological polar surface area (TPSA) is 87.3 Å². The number of carbonyl (C=O) groups excluding carboxylic acids is 3. The van der Waals surface area contributed by atoms with Gasteiger partial charge < -0.3 is 16.0 Å². The van der Waals surface area contributed by atoms with Crippen LogP contribution in [0.15, 0.2) is 42.5 Å². The van der Waals surface area contributed by atoms with Crippen molar-refractivity contribution in [1.82, 2.24) is 16.0 Å². The van der Waals surface area contributed by atoms with Crippen molar-refractivity contribution >= 4 is 17.7 Å². The first kappa shape index (κ1) is 19.2. The van der Waals surface area contributed by atoms with Gasteiger partial charge in [0, 0.05) is 24.7 Å². The van der Waals surface area contributed by atoms with E-state index in [9.17, 15) is 14.4 Å². The number of hydrogen-bond acceptors (Lipinski definition) is 3. The van der Waals surface area contributed by atoms with E-state index in [0.717, 1.165) is 16.7 Å². The highest BCUT2D eigenvalue weighted by atomic mass is 16.2. The molecule has 136 valence electrons. The van der Waals surface area contributed by atoms with Crippen LogP contribution >= 0.6 is 0 Å². The number of rotatable bonds is 6. The molecule has 2 aromatic rings. The van der Waals surface area contributed by atoms with Crippen LogP contribution in [0.1, 0.15) is 37.4 Å². The van der Waals surface area contributed by atoms with Gasteiger partial charge >= 0.3 is 0 Å². The summed E-state index contributed by atoms with van der Waals surface area (Å²) in [6.45, 7) is 4.08. The predicted molar refractivity (Wildman–Crippen MR) is 99.9 cm³/mol. The SMILES string of the molecule is CNC(=O)c1cccc(CNC(=O)CNC(=O)c2ccc(C)c(C)c2)c1. The third-order valence-electron chi connectivity index (χ3n) is 4.08. The van der Waals surface area contributed by atoms with Gasteiger partial charge in [-0.05, 0) is 54.8 Å². The van der Waals surface area contributed by atoms with E-state index in [0.29, 0.717) is 11.1 Å². The molecule has 6 nitrogen and oxygen atoms in total. The van der Waals surface area contributed by atoms with E-state index in [4.69, 9.17) is 0 Å². The van der Waals surface area contributed by atoms with Crippen molar-refractivity contribution in [3.8, 4) is 0 Å². The maximum atomic E-state index is 12.1. The highest BCUT2D eigenvalue weighted by molar-refractivity contribution is 5.96. The molecule has 0 saturated heterocycles. The molecule has 0 bridgehead atoms. The van der Waals surface area contributed by atoms with Crippen molar-refractivity contribution in [2.75, 3.05) is 13.6 Å². The lowest BCUT2D eigenvalue weighted by molar-refractivity contribution is -0.120. The predicted octanol–water partition coefficient (Wildman–Crippen LogP) is 1.71. The average Bonchev–Trinajstić information content (AvgIpc) is 2.66. The number of aryl methyl sites for hydroxylation is 2. The van der Waals surface area contributed by atoms with Crippen molar-refractivity contribution in [2.45, 2.75) is 20.4 Å². The summed E-state index contributed by atoms with van der Waals surface area (Å²) in [5.41, 5.74) is 4.00. The summed E-state index contributed by atoms with van der Waals surface area (Å²) in [7, 11) is 1.56. The number of benzene rings is 2. The minimum atomic E-state index is -0.299. The maximum absolute atomic E-state index is 12.1. The Hall–Kier alpha value is -3.15. The van der Waals surface area contributed by atoms with E-state index in [-0.39, 0.29) is 30.8 Å². The van der Waals surface area contributed by atoms with E-state index in [1.165, 1.54) is 0 Å². The van der Waals surface area contributed by atoms with Crippen LogP contribution in [0.5, 0.6) is 0 Å². The summed E-state index contributed by atoms with van der Waals surface area (Å²) < 4.78 is 0. The van der Waals surface area contributed by atoms with Gasteiger partial charge in [0.2, 0.25) is 5.91 Å². The van der Waals surface area contributed by atoms with Gasteiger partial charge in [-0.15, -0.1) is 0 Å². The molecule has 0 fully saturated rings. The first-order chi connectivity index (χ1) is 12.4. The van der Waals surface area contributed by atoms with Crippen LogP contribution in [0.4, 0.5) is 0 Å². The molecular formula is C20H23N3O3. The lowest BCUT2D eigenvalue weighted by Crippen LogP contribution is -2.36. The summed E-state index contributed by atoms with van der Waals surface area (Å²) >= 11 is 0. The van der Waals surface area contributed by atoms with Gasteiger partial charge in [0.15, 0.2) is 0 Å². The largest absolute Gasteiger partial charge is 0.355 e. The van der Waals surface area contributed by atoms with Crippen molar-refractivity contribution in [3.63, 3.8) is 0 Å². The Kier molecular flexibility index (Phi) is 6.49. The highest BCUT2D eigenvalue weighted by Crippen LogP contribution is 2.09. The molecule has 0 aliphatic rings. The fourth-order valence-corrected chi connectivity index (χ4v) is 2.38. The molecular weight excluding hydrogens is 330 g/mol. The van der Waals surface area contributed by atoms with E-state index >= 15 is 0 Å². The van der Waals surface area contributed by atoms with Crippen LogP contribution in [0.25, 0.3) is 0 Å². The third kappa shape index (κ3) is 5.17. The molecule has 3 amide bonds. The summed E-state index contributed by atoms with van der Waals surface area (Å²) in [5.74, 6) is -0.767. The number of carbonyl (C=O) groups is 3. The van der Waals surface area contributed by atoms with Gasteiger partial charge in [0.05, 0.1) is 6.54 Å². The van der Waals surface area contributed by atoms with Gasteiger partial charge in [-0.2, -0.15) is 0 Å². The minimum absolute atomic E-state index is 0.110. The number of hydrogen-bond donors (Lipinski definition) is 3. The molecule has 0 aromatic heterocycles. The van der Waals surface area contributed by atoms with Crippen LogP contribution in [0.2, 0.25) is 0 Å². The fourth-order valence-electron chi connectivity index (χ4n) is 2.38. The Morgan fingerprint density at radius 3 is 2.27 bits per heavy atom. The average molecular weight is 353 g/mol. The molecule has 0 heterocycles. The molecule has 3 N–H and O–H groups in total. The van der Waals surface area contributed by atoms with Crippen molar-refractivity contribution in [2.24, 2.45) is 0 Å². The van der Waals surface area contributed by atoms with Crippen LogP contribution in [0.3, 0.4) is 0 Å². The monoisotopic (exact) mass is 353 g/mol. The second kappa shape index (κ2) is 8.80. The molecule has 26 heavy (non-hydrogen) atoms. The first-order valence-electron chi connectivity index (χ1n) is 8.34. The Balaban J connectivity index is 1.84. The molecule has 0 unspecified atom stereocenters. The van der Waals surface area contributed by atoms with Crippen molar-refractivity contribution < 1.29 is 14.4 Å². The quantitative estimate of drug-likeness (QED) is 0.739. The second-order valence-corrected chi connectivity index (χ2v) is 6.04. The molecule has 2 aromatic carbocycles. The third-order valence-corrected chi connectivity index (χ3v) is 4.08. The molecule has 0 saturated carbocycles. The molecule has 2 rings (SSSR count). The van der Waals surface area contributed by atoms with E-state index in [1.807, 2.05) is 26.0 Å². The molecule has 0 aliphatic carbocycles. The summed E-state index contributed by atoms with van der Waals surface area (Å²) in [6.07, 6.45) is 0. The summed E-state index contributed by atoms with van der Waals surface area (Å²) in [5, 5.41) is 7.89. The lowest BCUT2D eigenvalue weighted by Gasteiger charge is -2.09. The van der Waals surface area contributed by atoms with Gasteiger partial charge in [0.25, 0.3) is 11.8 Å². The van der Waals surface area contributed by atoms with Crippen molar-refractivity contribution in [3.05, 3.63) is 70.3 Å². The molecule has 0 spiro atoms. The lowest BCUT2D eigenvalue weighted by atomic mass is 10.1. The molecule has 0 atom stereocenters. The number of amides is 3. The highest BCUT2D eigenvalue weighted by Gasteiger charge is 2.09. The Bertz CT molecular complexity index is 831. The fraction of sp³-hybridized carbons (Fsp3) is 0.250. The van der Waals surface area contributed by atoms with E-state index in [2.05, 4.69) is 16.0 Å². The van der Waals surface area contributed by atoms with E-state index < -0.39 is 0 Å². The smallest absolute Gasteiger partial charge is 0.251 e. The zero-order valence-electron chi connectivity index (χ0n) is 15.2. The summed E-state index contributed by atoms with van der Waals surface area (Å²) in [4.78, 5) is 35.7. The summed E-state index contributed by atoms with van der Waals surface area (Å²) in [6, 6.07) is 12.4.